The minimum absolute atomic E-state index is 0.0126. The van der Waals surface area contributed by atoms with Crippen LogP contribution in [0.15, 0.2) is 34.8 Å². The Morgan fingerprint density at radius 3 is 2.94 bits per heavy atom. The number of hydrogen-bond donors (Lipinski definition) is 4. The van der Waals surface area contributed by atoms with Gasteiger partial charge in [0, 0.05) is 36.7 Å². The smallest absolute Gasteiger partial charge is 0.388 e. The molecule has 0 aliphatic carbocycles. The number of aromatic nitrogens is 6. The van der Waals surface area contributed by atoms with Gasteiger partial charge < -0.3 is 20.9 Å². The molecule has 1 unspecified atom stereocenters. The molecular weight excluding hydrogens is 473 g/mol. The largest absolute Gasteiger partial charge is 0.456 e. The monoisotopic (exact) mass is 495 g/mol. The first-order chi connectivity index (χ1) is 16.3. The van der Waals surface area contributed by atoms with Crippen molar-refractivity contribution in [2.75, 3.05) is 19.4 Å². The van der Waals surface area contributed by atoms with E-state index in [4.69, 9.17) is 15.0 Å². The van der Waals surface area contributed by atoms with Crippen LogP contribution < -0.4 is 16.6 Å². The summed E-state index contributed by atoms with van der Waals surface area (Å²) in [6, 6.07) is 0. The number of aliphatic hydroxyl groups excluding tert-OH is 1. The van der Waals surface area contributed by atoms with Crippen molar-refractivity contribution in [2.24, 2.45) is 10.9 Å². The van der Waals surface area contributed by atoms with E-state index in [1.54, 1.807) is 0 Å². The van der Waals surface area contributed by atoms with Crippen LogP contribution >= 0.6 is 7.67 Å². The van der Waals surface area contributed by atoms with Crippen LogP contribution in [-0.2, 0) is 18.6 Å². The summed E-state index contributed by atoms with van der Waals surface area (Å²) in [5.74, 6) is -1.09. The maximum absolute atomic E-state index is 12.8. The van der Waals surface area contributed by atoms with E-state index in [1.807, 2.05) is 0 Å². The third kappa shape index (κ3) is 4.35. The van der Waals surface area contributed by atoms with Crippen LogP contribution in [0.4, 0.5) is 5.95 Å². The molecule has 5 atom stereocenters. The zero-order valence-corrected chi connectivity index (χ0v) is 18.7. The number of H-pyrrole nitrogens is 1. The Kier molecular flexibility index (Phi) is 6.56. The Hall–Kier alpha value is -3.46. The van der Waals surface area contributed by atoms with E-state index in [1.165, 1.54) is 30.3 Å². The van der Waals surface area contributed by atoms with Crippen molar-refractivity contribution in [1.29, 1.82) is 0 Å². The summed E-state index contributed by atoms with van der Waals surface area (Å²) in [5.41, 5.74) is 5.14. The number of fused-ring (bicyclic) bond motifs is 1. The highest BCUT2D eigenvalue weighted by atomic mass is 31.2. The minimum Gasteiger partial charge on any atom is -0.388 e. The van der Waals surface area contributed by atoms with Crippen molar-refractivity contribution in [3.63, 3.8) is 0 Å². The van der Waals surface area contributed by atoms with Crippen molar-refractivity contribution in [2.45, 2.75) is 31.3 Å². The molecular formula is C17H22N9O7P. The number of nitrogen functional groups attached to an aromatic ring is 1. The first kappa shape index (κ1) is 23.7. The lowest BCUT2D eigenvalue weighted by Crippen LogP contribution is -2.30. The van der Waals surface area contributed by atoms with Gasteiger partial charge in [-0.1, -0.05) is 0 Å². The second-order valence-electron chi connectivity index (χ2n) is 7.52. The number of ether oxygens (including phenoxy) is 1. The molecule has 1 saturated heterocycles. The fourth-order valence-corrected chi connectivity index (χ4v) is 4.82. The number of carbonyl (C=O) groups is 1. The third-order valence-electron chi connectivity index (χ3n) is 5.52. The van der Waals surface area contributed by atoms with Gasteiger partial charge in [0.05, 0.1) is 19.0 Å². The number of imidazole rings is 2. The van der Waals surface area contributed by atoms with Crippen molar-refractivity contribution in [1.82, 2.24) is 34.2 Å². The lowest BCUT2D eigenvalue weighted by molar-refractivity contribution is -0.121. The van der Waals surface area contributed by atoms with E-state index in [9.17, 15) is 24.2 Å². The molecule has 182 valence electrons. The van der Waals surface area contributed by atoms with Crippen LogP contribution in [-0.4, -0.2) is 65.7 Å². The van der Waals surface area contributed by atoms with Gasteiger partial charge in [-0.05, 0) is 6.42 Å². The molecule has 5 N–H and O–H groups in total. The summed E-state index contributed by atoms with van der Waals surface area (Å²) < 4.78 is 26.4. The standard InChI is InChI=1S/C17H22N9O7P/c1-19-11(27)3-2-9-10(6-32-34(31,24-30)25-5-4-20-7-25)33-16(13(9)28)26-8-21-12-14(26)22-17(18)23-15(12)29/h4-5,7-10,13,16,28H,2-3,6H2,1H3,(H,19,27)(H3,18,22,23,29)/t9-,10-,13-,16-,34?/m1/s1. The lowest BCUT2D eigenvalue weighted by atomic mass is 9.93. The molecule has 17 heteroatoms. The number of aliphatic hydroxyl groups is 1. The van der Waals surface area contributed by atoms with E-state index in [2.05, 4.69) is 30.2 Å². The molecule has 1 aliphatic rings. The lowest BCUT2D eigenvalue weighted by Gasteiger charge is -2.21. The number of rotatable bonds is 9. The van der Waals surface area contributed by atoms with Gasteiger partial charge in [0.2, 0.25) is 11.9 Å². The Balaban J connectivity index is 1.62. The number of hydrogen-bond acceptors (Lipinski definition) is 11. The van der Waals surface area contributed by atoms with Gasteiger partial charge in [-0.25, -0.2) is 18.9 Å². The van der Waals surface area contributed by atoms with Crippen LogP contribution in [0.5, 0.6) is 0 Å². The summed E-state index contributed by atoms with van der Waals surface area (Å²) in [6.45, 7) is -0.393. The number of nitrogens with zero attached hydrogens (tertiary/aromatic N) is 6. The van der Waals surface area contributed by atoms with Gasteiger partial charge in [-0.15, -0.1) is 4.91 Å². The van der Waals surface area contributed by atoms with Crippen LogP contribution in [0.25, 0.3) is 11.2 Å². The zero-order valence-electron chi connectivity index (χ0n) is 17.8. The van der Waals surface area contributed by atoms with Crippen molar-refractivity contribution in [3.05, 3.63) is 40.3 Å². The second-order valence-corrected chi connectivity index (χ2v) is 9.38. The van der Waals surface area contributed by atoms with E-state index >= 15 is 0 Å². The fraction of sp³-hybridized carbons (Fsp3) is 0.471. The van der Waals surface area contributed by atoms with E-state index in [0.717, 1.165) is 10.7 Å². The molecule has 3 aromatic rings. The van der Waals surface area contributed by atoms with Crippen LogP contribution in [0, 0.1) is 10.8 Å². The molecule has 34 heavy (non-hydrogen) atoms. The maximum Gasteiger partial charge on any atom is 0.456 e. The normalized spacial score (nSPS) is 24.2. The summed E-state index contributed by atoms with van der Waals surface area (Å²) in [4.78, 5) is 52.0. The summed E-state index contributed by atoms with van der Waals surface area (Å²) in [5, 5.41) is 13.6. The molecule has 3 aromatic heterocycles. The van der Waals surface area contributed by atoms with Crippen molar-refractivity contribution < 1.29 is 23.7 Å². The van der Waals surface area contributed by atoms with Gasteiger partial charge in [0.15, 0.2) is 17.4 Å². The van der Waals surface area contributed by atoms with Crippen LogP contribution in [0.1, 0.15) is 19.1 Å². The molecule has 1 fully saturated rings. The highest BCUT2D eigenvalue weighted by Crippen LogP contribution is 2.50. The van der Waals surface area contributed by atoms with Gasteiger partial charge >= 0.3 is 7.67 Å². The Labute approximate surface area is 191 Å². The number of carbonyl (C=O) groups excluding carboxylic acids is 1. The van der Waals surface area contributed by atoms with Crippen molar-refractivity contribution >= 4 is 30.7 Å². The first-order valence-corrected chi connectivity index (χ1v) is 11.6. The van der Waals surface area contributed by atoms with Crippen LogP contribution in [0.3, 0.4) is 0 Å². The molecule has 16 nitrogen and oxygen atoms in total. The SMILES string of the molecule is CNC(=O)CC[C@H]1[C@@H](O)[C@H](n2cnc3c(=O)[nH]c(N)nc32)O[C@@H]1COP(=O)(N=O)n1ccnc1. The maximum atomic E-state index is 12.8. The molecule has 4 heterocycles. The highest BCUT2D eigenvalue weighted by molar-refractivity contribution is 7.55. The van der Waals surface area contributed by atoms with Gasteiger partial charge in [0.1, 0.15) is 12.4 Å². The zero-order chi connectivity index (χ0) is 24.5. The van der Waals surface area contributed by atoms with Crippen molar-refractivity contribution in [3.8, 4) is 0 Å². The van der Waals surface area contributed by atoms with E-state index in [-0.39, 0.29) is 35.9 Å². The molecule has 0 radical (unpaired) electrons. The Morgan fingerprint density at radius 2 is 2.26 bits per heavy atom. The Morgan fingerprint density at radius 1 is 1.47 bits per heavy atom. The predicted octanol–water partition coefficient (Wildman–Crippen LogP) is -0.262. The molecule has 0 saturated carbocycles. The third-order valence-corrected chi connectivity index (χ3v) is 7.04. The number of anilines is 1. The second kappa shape index (κ2) is 9.42. The van der Waals surface area contributed by atoms with E-state index < -0.39 is 44.2 Å². The number of nitrogens with two attached hydrogens (primary N) is 1. The van der Waals surface area contributed by atoms with Crippen LogP contribution in [0.2, 0.25) is 0 Å². The molecule has 0 aromatic carbocycles. The fourth-order valence-electron chi connectivity index (χ4n) is 3.80. The molecule has 4 rings (SSSR count). The predicted molar refractivity (Wildman–Crippen MR) is 116 cm³/mol. The summed E-state index contributed by atoms with van der Waals surface area (Å²) in [7, 11) is -2.71. The van der Waals surface area contributed by atoms with Gasteiger partial charge in [-0.2, -0.15) is 4.98 Å². The van der Waals surface area contributed by atoms with E-state index in [0.29, 0.717) is 0 Å². The summed E-state index contributed by atoms with van der Waals surface area (Å²) in [6.07, 6.45) is 2.03. The highest BCUT2D eigenvalue weighted by Gasteiger charge is 2.46. The van der Waals surface area contributed by atoms with Gasteiger partial charge in [-0.3, -0.25) is 23.7 Å². The summed E-state index contributed by atoms with van der Waals surface area (Å²) >= 11 is 0. The number of aromatic amines is 1. The topological polar surface area (TPSA) is 222 Å². The van der Waals surface area contributed by atoms with Gasteiger partial charge in [0.25, 0.3) is 5.56 Å². The number of amides is 1. The molecule has 0 spiro atoms. The molecule has 1 amide bonds. The average molecular weight is 495 g/mol. The average Bonchev–Trinajstić information content (AvgIpc) is 3.56. The molecule has 0 bridgehead atoms. The quantitative estimate of drug-likeness (QED) is 0.223. The number of nitrogens with one attached hydrogen (secondary N) is 2. The first-order valence-electron chi connectivity index (χ1n) is 10.1. The Bertz CT molecular complexity index is 1290. The minimum atomic E-state index is -4.19. The number of nitroso groups, excluding NO2 is 1. The molecule has 1 aliphatic heterocycles.